The van der Waals surface area contributed by atoms with E-state index >= 15 is 0 Å². The van der Waals surface area contributed by atoms with Gasteiger partial charge in [-0.15, -0.1) is 11.3 Å². The predicted octanol–water partition coefficient (Wildman–Crippen LogP) is 2.06. The van der Waals surface area contributed by atoms with Gasteiger partial charge in [-0.1, -0.05) is 0 Å². The fourth-order valence-electron chi connectivity index (χ4n) is 4.48. The number of rotatable bonds is 8. The van der Waals surface area contributed by atoms with E-state index < -0.39 is 0 Å². The van der Waals surface area contributed by atoms with E-state index in [1.165, 1.54) is 11.3 Å². The van der Waals surface area contributed by atoms with Crippen LogP contribution >= 0.6 is 11.3 Å². The summed E-state index contributed by atoms with van der Waals surface area (Å²) in [6.07, 6.45) is 5.32. The zero-order valence-corrected chi connectivity index (χ0v) is 19.2. The maximum Gasteiger partial charge on any atom is 0.231 e. The Kier molecular flexibility index (Phi) is 6.44. The topological polar surface area (TPSA) is 140 Å². The Bertz CT molecular complexity index is 1280. The van der Waals surface area contributed by atoms with Crippen LogP contribution in [-0.4, -0.2) is 59.1 Å². The number of nitrogens with zero attached hydrogens (tertiary/aromatic N) is 5. The van der Waals surface area contributed by atoms with E-state index in [0.29, 0.717) is 34.1 Å². The molecule has 0 bridgehead atoms. The number of benzene rings is 1. The van der Waals surface area contributed by atoms with E-state index in [1.54, 1.807) is 29.2 Å². The molecule has 0 saturated carbocycles. The van der Waals surface area contributed by atoms with Gasteiger partial charge in [0.05, 0.1) is 44.1 Å². The molecule has 1 fully saturated rings. The first-order chi connectivity index (χ1) is 16.6. The number of nitrogens with one attached hydrogen (secondary N) is 1. The summed E-state index contributed by atoms with van der Waals surface area (Å²) in [7, 11) is 0. The Labute approximate surface area is 199 Å². The minimum Gasteiger partial charge on any atom is -0.394 e. The first-order valence-electron chi connectivity index (χ1n) is 11.1. The Morgan fingerprint density at radius 1 is 1.06 bits per heavy atom. The monoisotopic (exact) mass is 482 g/mol. The van der Waals surface area contributed by atoms with Crippen LogP contribution in [0.3, 0.4) is 0 Å². The van der Waals surface area contributed by atoms with Crippen molar-refractivity contribution < 1.29 is 20.4 Å². The molecular weight excluding hydrogens is 456 g/mol. The fraction of sp³-hybridized carbons (Fsp3) is 0.348. The van der Waals surface area contributed by atoms with Crippen molar-refractivity contribution in [3.8, 4) is 5.69 Å². The van der Waals surface area contributed by atoms with Crippen LogP contribution in [0.5, 0.6) is 0 Å². The van der Waals surface area contributed by atoms with Gasteiger partial charge >= 0.3 is 0 Å². The molecule has 1 atom stereocenters. The second-order valence-corrected chi connectivity index (χ2v) is 9.08. The molecular formula is C23H26N6O4S. The van der Waals surface area contributed by atoms with Crippen LogP contribution < -0.4 is 10.2 Å². The van der Waals surface area contributed by atoms with Gasteiger partial charge in [0.15, 0.2) is 5.82 Å². The van der Waals surface area contributed by atoms with E-state index in [2.05, 4.69) is 20.2 Å². The molecule has 3 aromatic heterocycles. The lowest BCUT2D eigenvalue weighted by Gasteiger charge is -2.25. The van der Waals surface area contributed by atoms with Crippen LogP contribution in [0, 0.1) is 0 Å². The van der Waals surface area contributed by atoms with Crippen molar-refractivity contribution in [2.24, 2.45) is 0 Å². The summed E-state index contributed by atoms with van der Waals surface area (Å²) in [5.74, 6) is 1.76. The van der Waals surface area contributed by atoms with Crippen molar-refractivity contribution in [3.63, 3.8) is 0 Å². The summed E-state index contributed by atoms with van der Waals surface area (Å²) in [5, 5.41) is 44.9. The van der Waals surface area contributed by atoms with Gasteiger partial charge in [0, 0.05) is 12.2 Å². The molecule has 0 amide bonds. The van der Waals surface area contributed by atoms with Crippen molar-refractivity contribution in [2.75, 3.05) is 23.4 Å². The van der Waals surface area contributed by atoms with E-state index in [0.717, 1.165) is 35.4 Å². The molecule has 34 heavy (non-hydrogen) atoms. The lowest BCUT2D eigenvalue weighted by molar-refractivity contribution is 0.247. The van der Waals surface area contributed by atoms with Gasteiger partial charge in [0.1, 0.15) is 17.0 Å². The third-order valence-electron chi connectivity index (χ3n) is 6.20. The van der Waals surface area contributed by atoms with E-state index in [9.17, 15) is 20.4 Å². The zero-order chi connectivity index (χ0) is 23.7. The van der Waals surface area contributed by atoms with Crippen LogP contribution in [0.2, 0.25) is 0 Å². The quantitative estimate of drug-likeness (QED) is 0.255. The minimum absolute atomic E-state index is 0.0494. The lowest BCUT2D eigenvalue weighted by Crippen LogP contribution is -2.33. The predicted molar refractivity (Wildman–Crippen MR) is 129 cm³/mol. The third kappa shape index (κ3) is 4.12. The molecule has 1 aromatic carbocycles. The smallest absolute Gasteiger partial charge is 0.231 e. The second kappa shape index (κ2) is 9.65. The van der Waals surface area contributed by atoms with Gasteiger partial charge in [-0.3, -0.25) is 0 Å². The van der Waals surface area contributed by atoms with Crippen LogP contribution in [0.1, 0.15) is 29.5 Å². The number of imidazole rings is 1. The average molecular weight is 483 g/mol. The maximum atomic E-state index is 9.79. The molecule has 4 aromatic rings. The van der Waals surface area contributed by atoms with Crippen molar-refractivity contribution in [3.05, 3.63) is 52.8 Å². The standard InChI is InChI=1S/C23H26N6O4S/c30-9-14-6-17(7-15(10-31)19(14)12-33)28-8-20(24-13-28)25-23-26-21(18-3-5-34-22(18)27-23)29-4-1-2-16(29)11-32/h3,5-8,13,16,30-33H,1-2,4,9-12H2,(H,25,26,27)/t16-/m0/s1. The summed E-state index contributed by atoms with van der Waals surface area (Å²) in [5.41, 5.74) is 2.32. The maximum absolute atomic E-state index is 9.79. The highest BCUT2D eigenvalue weighted by atomic mass is 32.1. The summed E-state index contributed by atoms with van der Waals surface area (Å²) in [6, 6.07) is 5.57. The molecule has 0 radical (unpaired) electrons. The molecule has 178 valence electrons. The van der Waals surface area contributed by atoms with Gasteiger partial charge in [-0.2, -0.15) is 4.98 Å². The van der Waals surface area contributed by atoms with Crippen molar-refractivity contribution in [1.29, 1.82) is 0 Å². The van der Waals surface area contributed by atoms with Gasteiger partial charge in [-0.25, -0.2) is 9.97 Å². The van der Waals surface area contributed by atoms with Gasteiger partial charge in [0.2, 0.25) is 5.95 Å². The number of hydrogen-bond acceptors (Lipinski definition) is 10. The van der Waals surface area contributed by atoms with Gasteiger partial charge in [0.25, 0.3) is 0 Å². The van der Waals surface area contributed by atoms with Crippen molar-refractivity contribution >= 4 is 39.1 Å². The number of hydrogen-bond donors (Lipinski definition) is 5. The molecule has 11 heteroatoms. The highest BCUT2D eigenvalue weighted by Crippen LogP contribution is 2.34. The van der Waals surface area contributed by atoms with E-state index in [1.807, 2.05) is 11.4 Å². The Hall–Kier alpha value is -3.09. The molecule has 10 nitrogen and oxygen atoms in total. The average Bonchev–Trinajstić information content (AvgIpc) is 3.63. The second-order valence-electron chi connectivity index (χ2n) is 8.19. The van der Waals surface area contributed by atoms with Crippen LogP contribution in [-0.2, 0) is 19.8 Å². The number of thiophene rings is 1. The molecule has 1 saturated heterocycles. The molecule has 5 rings (SSSR count). The van der Waals surface area contributed by atoms with Crippen LogP contribution in [0.4, 0.5) is 17.6 Å². The number of fused-ring (bicyclic) bond motifs is 1. The highest BCUT2D eigenvalue weighted by Gasteiger charge is 2.27. The number of aliphatic hydroxyl groups excluding tert-OH is 4. The number of anilines is 3. The van der Waals surface area contributed by atoms with Gasteiger partial charge < -0.3 is 35.2 Å². The summed E-state index contributed by atoms with van der Waals surface area (Å²) >= 11 is 1.53. The SMILES string of the molecule is OCc1cc(-n2cnc(Nc3nc(N4CCC[C@H]4CO)c4ccsc4n3)c2)cc(CO)c1CO. The lowest BCUT2D eigenvalue weighted by atomic mass is 10.0. The number of aromatic nitrogens is 4. The minimum atomic E-state index is -0.262. The normalized spacial score (nSPS) is 16.0. The van der Waals surface area contributed by atoms with Crippen LogP contribution in [0.15, 0.2) is 36.1 Å². The first-order valence-corrected chi connectivity index (χ1v) is 11.9. The highest BCUT2D eigenvalue weighted by molar-refractivity contribution is 7.16. The van der Waals surface area contributed by atoms with Crippen molar-refractivity contribution in [2.45, 2.75) is 38.7 Å². The summed E-state index contributed by atoms with van der Waals surface area (Å²) in [4.78, 5) is 16.8. The Balaban J connectivity index is 1.46. The largest absolute Gasteiger partial charge is 0.394 e. The molecule has 0 spiro atoms. The molecule has 1 aliphatic rings. The van der Waals surface area contributed by atoms with Crippen molar-refractivity contribution in [1.82, 2.24) is 19.5 Å². The molecule has 1 aliphatic heterocycles. The van der Waals surface area contributed by atoms with Gasteiger partial charge in [-0.05, 0) is 53.1 Å². The molecule has 4 heterocycles. The molecule has 5 N–H and O–H groups in total. The fourth-order valence-corrected chi connectivity index (χ4v) is 5.23. The molecule has 0 aliphatic carbocycles. The Morgan fingerprint density at radius 2 is 1.85 bits per heavy atom. The summed E-state index contributed by atoms with van der Waals surface area (Å²) in [6.45, 7) is 0.162. The first kappa shape index (κ1) is 22.7. The van der Waals surface area contributed by atoms with E-state index in [-0.39, 0.29) is 32.5 Å². The van der Waals surface area contributed by atoms with Crippen LogP contribution in [0.25, 0.3) is 15.9 Å². The third-order valence-corrected chi connectivity index (χ3v) is 7.01. The van der Waals surface area contributed by atoms with E-state index in [4.69, 9.17) is 4.98 Å². The summed E-state index contributed by atoms with van der Waals surface area (Å²) < 4.78 is 1.76. The Morgan fingerprint density at radius 3 is 2.56 bits per heavy atom. The number of aliphatic hydroxyl groups is 4. The zero-order valence-electron chi connectivity index (χ0n) is 18.4. The molecule has 0 unspecified atom stereocenters.